The highest BCUT2D eigenvalue weighted by Crippen LogP contribution is 2.01. The van der Waals surface area contributed by atoms with Crippen LogP contribution >= 0.6 is 12.6 Å². The standard InChI is InChI=1S/C15H27N7O7S/c16-7(4-10(23)24)12(27)22-9(6-30)14(29)21-8(2-1-3-19-15(17)18)13(28)20-5-11(25)26/h7-9,30H,1-6,16H2,(H,20,28)(H,21,29)(H,22,27)(H,23,24)(H,25,26)(H4,17,18,19). The summed E-state index contributed by atoms with van der Waals surface area (Å²) in [5, 5.41) is 24.1. The molecule has 0 aromatic rings. The Morgan fingerprint density at radius 1 is 0.933 bits per heavy atom. The SMILES string of the molecule is NC(N)=NCCCC(NC(=O)C(CS)NC(=O)C(N)CC(=O)O)C(=O)NCC(=O)O. The molecule has 0 aromatic heterocycles. The Kier molecular flexibility index (Phi) is 12.6. The van der Waals surface area contributed by atoms with E-state index in [1.807, 2.05) is 0 Å². The number of guanidine groups is 1. The number of rotatable bonds is 14. The smallest absolute Gasteiger partial charge is 0.322 e. The van der Waals surface area contributed by atoms with Crippen LogP contribution in [0.25, 0.3) is 0 Å². The summed E-state index contributed by atoms with van der Waals surface area (Å²) in [5.74, 6) is -5.33. The topological polar surface area (TPSA) is 252 Å². The van der Waals surface area contributed by atoms with Crippen LogP contribution in [-0.4, -0.2) is 82.8 Å². The molecular weight excluding hydrogens is 422 g/mol. The van der Waals surface area contributed by atoms with Gasteiger partial charge in [-0.2, -0.15) is 12.6 Å². The maximum atomic E-state index is 12.5. The minimum atomic E-state index is -1.38. The molecular formula is C15H27N7O7S. The number of carbonyl (C=O) groups is 5. The molecule has 0 saturated carbocycles. The summed E-state index contributed by atoms with van der Waals surface area (Å²) >= 11 is 3.96. The van der Waals surface area contributed by atoms with Gasteiger partial charge < -0.3 is 43.4 Å². The molecule has 0 bridgehead atoms. The lowest BCUT2D eigenvalue weighted by atomic mass is 10.1. The second kappa shape index (κ2) is 14.0. The first-order chi connectivity index (χ1) is 14.0. The third kappa shape index (κ3) is 11.7. The quantitative estimate of drug-likeness (QED) is 0.0536. The van der Waals surface area contributed by atoms with Crippen molar-refractivity contribution >= 4 is 48.2 Å². The van der Waals surface area contributed by atoms with E-state index >= 15 is 0 Å². The second-order valence-electron chi connectivity index (χ2n) is 6.07. The molecule has 0 spiro atoms. The highest BCUT2D eigenvalue weighted by molar-refractivity contribution is 7.80. The normalized spacial score (nSPS) is 13.3. The van der Waals surface area contributed by atoms with Crippen molar-refractivity contribution in [3.05, 3.63) is 0 Å². The predicted octanol–water partition coefficient (Wildman–Crippen LogP) is -4.06. The van der Waals surface area contributed by atoms with E-state index in [4.69, 9.17) is 27.4 Å². The van der Waals surface area contributed by atoms with Gasteiger partial charge in [0, 0.05) is 12.3 Å². The fraction of sp³-hybridized carbons (Fsp3) is 0.600. The molecule has 0 heterocycles. The van der Waals surface area contributed by atoms with Crippen LogP contribution in [0.15, 0.2) is 4.99 Å². The molecule has 11 N–H and O–H groups in total. The lowest BCUT2D eigenvalue weighted by Gasteiger charge is -2.23. The number of amides is 3. The fourth-order valence-electron chi connectivity index (χ4n) is 2.08. The Labute approximate surface area is 177 Å². The van der Waals surface area contributed by atoms with Crippen molar-refractivity contribution in [2.45, 2.75) is 37.4 Å². The number of aliphatic carboxylic acids is 2. The summed E-state index contributed by atoms with van der Waals surface area (Å²) < 4.78 is 0. The third-order valence-electron chi connectivity index (χ3n) is 3.54. The van der Waals surface area contributed by atoms with E-state index in [1.54, 1.807) is 0 Å². The molecule has 3 atom stereocenters. The molecule has 0 aromatic carbocycles. The summed E-state index contributed by atoms with van der Waals surface area (Å²) in [6.07, 6.45) is -0.289. The van der Waals surface area contributed by atoms with E-state index in [9.17, 15) is 24.0 Å². The first-order valence-electron chi connectivity index (χ1n) is 8.71. The van der Waals surface area contributed by atoms with Crippen LogP contribution in [0.2, 0.25) is 0 Å². The van der Waals surface area contributed by atoms with Gasteiger partial charge in [0.1, 0.15) is 18.6 Å². The molecule has 30 heavy (non-hydrogen) atoms. The third-order valence-corrected chi connectivity index (χ3v) is 3.90. The van der Waals surface area contributed by atoms with E-state index < -0.39 is 60.8 Å². The first-order valence-corrected chi connectivity index (χ1v) is 9.35. The number of nitrogens with two attached hydrogens (primary N) is 3. The first kappa shape index (κ1) is 26.9. The summed E-state index contributed by atoms with van der Waals surface area (Å²) in [7, 11) is 0. The highest BCUT2D eigenvalue weighted by Gasteiger charge is 2.28. The predicted molar refractivity (Wildman–Crippen MR) is 108 cm³/mol. The van der Waals surface area contributed by atoms with E-state index in [1.165, 1.54) is 0 Å². The molecule has 0 rings (SSSR count). The van der Waals surface area contributed by atoms with Crippen molar-refractivity contribution in [3.63, 3.8) is 0 Å². The minimum Gasteiger partial charge on any atom is -0.481 e. The number of hydrogen-bond donors (Lipinski definition) is 9. The summed E-state index contributed by atoms with van der Waals surface area (Å²) in [6.45, 7) is -0.492. The van der Waals surface area contributed by atoms with Crippen molar-refractivity contribution in [1.29, 1.82) is 0 Å². The Morgan fingerprint density at radius 3 is 2.03 bits per heavy atom. The van der Waals surface area contributed by atoms with Crippen LogP contribution in [0.5, 0.6) is 0 Å². The van der Waals surface area contributed by atoms with Gasteiger partial charge in [0.2, 0.25) is 17.7 Å². The molecule has 0 aliphatic rings. The van der Waals surface area contributed by atoms with Crippen LogP contribution in [0.1, 0.15) is 19.3 Å². The molecule has 3 unspecified atom stereocenters. The minimum absolute atomic E-state index is 0.0692. The molecule has 15 heteroatoms. The van der Waals surface area contributed by atoms with Crippen LogP contribution < -0.4 is 33.2 Å². The van der Waals surface area contributed by atoms with Crippen LogP contribution in [0.4, 0.5) is 0 Å². The molecule has 3 amide bonds. The summed E-state index contributed by atoms with van der Waals surface area (Å²) in [4.78, 5) is 61.6. The Balaban J connectivity index is 5.07. The zero-order valence-electron chi connectivity index (χ0n) is 16.0. The van der Waals surface area contributed by atoms with Crippen LogP contribution in [0.3, 0.4) is 0 Å². The zero-order chi connectivity index (χ0) is 23.3. The van der Waals surface area contributed by atoms with E-state index in [-0.39, 0.29) is 31.1 Å². The molecule has 0 aliphatic heterocycles. The maximum absolute atomic E-state index is 12.5. The monoisotopic (exact) mass is 449 g/mol. The number of nitrogens with one attached hydrogen (secondary N) is 3. The number of thiol groups is 1. The van der Waals surface area contributed by atoms with Gasteiger partial charge in [0.05, 0.1) is 12.5 Å². The highest BCUT2D eigenvalue weighted by atomic mass is 32.1. The Bertz CT molecular complexity index is 670. The molecule has 0 saturated heterocycles. The number of aliphatic imine (C=N–C) groups is 1. The summed E-state index contributed by atoms with van der Waals surface area (Å²) in [6, 6.07) is -3.74. The Hall–Kier alpha value is -3.07. The molecule has 0 aliphatic carbocycles. The molecule has 0 fully saturated rings. The van der Waals surface area contributed by atoms with Gasteiger partial charge in [0.15, 0.2) is 5.96 Å². The number of carboxylic acids is 2. The van der Waals surface area contributed by atoms with E-state index in [0.29, 0.717) is 0 Å². The van der Waals surface area contributed by atoms with Crippen LogP contribution in [0, 0.1) is 0 Å². The fourth-order valence-corrected chi connectivity index (χ4v) is 2.34. The van der Waals surface area contributed by atoms with Gasteiger partial charge >= 0.3 is 11.9 Å². The average Bonchev–Trinajstić information content (AvgIpc) is 2.65. The van der Waals surface area contributed by atoms with Crippen molar-refractivity contribution in [2.24, 2.45) is 22.2 Å². The van der Waals surface area contributed by atoms with Gasteiger partial charge in [-0.05, 0) is 12.8 Å². The Morgan fingerprint density at radius 2 is 1.53 bits per heavy atom. The van der Waals surface area contributed by atoms with Crippen LogP contribution in [-0.2, 0) is 24.0 Å². The van der Waals surface area contributed by atoms with Gasteiger partial charge in [-0.1, -0.05) is 0 Å². The van der Waals surface area contributed by atoms with Crippen molar-refractivity contribution < 1.29 is 34.2 Å². The number of hydrogen-bond acceptors (Lipinski definition) is 8. The lowest BCUT2D eigenvalue weighted by Crippen LogP contribution is -2.56. The van der Waals surface area contributed by atoms with Gasteiger partial charge in [-0.25, -0.2) is 0 Å². The zero-order valence-corrected chi connectivity index (χ0v) is 16.9. The van der Waals surface area contributed by atoms with Crippen molar-refractivity contribution in [1.82, 2.24) is 16.0 Å². The van der Waals surface area contributed by atoms with E-state index in [2.05, 4.69) is 33.6 Å². The van der Waals surface area contributed by atoms with Crippen molar-refractivity contribution in [3.8, 4) is 0 Å². The molecule has 170 valence electrons. The lowest BCUT2D eigenvalue weighted by molar-refractivity contribution is -0.139. The molecule has 0 radical (unpaired) electrons. The average molecular weight is 449 g/mol. The molecule has 14 nitrogen and oxygen atoms in total. The van der Waals surface area contributed by atoms with Gasteiger partial charge in [0.25, 0.3) is 0 Å². The number of carbonyl (C=O) groups excluding carboxylic acids is 3. The van der Waals surface area contributed by atoms with E-state index in [0.717, 1.165) is 0 Å². The van der Waals surface area contributed by atoms with Gasteiger partial charge in [-0.3, -0.25) is 29.0 Å². The number of carboxylic acid groups (broad SMARTS) is 2. The van der Waals surface area contributed by atoms with Gasteiger partial charge in [-0.15, -0.1) is 0 Å². The van der Waals surface area contributed by atoms with Crippen molar-refractivity contribution in [2.75, 3.05) is 18.8 Å². The maximum Gasteiger partial charge on any atom is 0.322 e. The second-order valence-corrected chi connectivity index (χ2v) is 6.43. The summed E-state index contributed by atoms with van der Waals surface area (Å²) in [5.41, 5.74) is 15.9. The number of nitrogens with zero attached hydrogens (tertiary/aromatic N) is 1. The largest absolute Gasteiger partial charge is 0.481 e.